The Labute approximate surface area is 85.4 Å². The minimum absolute atomic E-state index is 0.0982. The zero-order valence-electron chi connectivity index (χ0n) is 7.98. The largest absolute Gasteiger partial charge is 0.355 e. The maximum atomic E-state index is 11.2. The minimum atomic E-state index is -0.581. The van der Waals surface area contributed by atoms with Crippen LogP contribution < -0.4 is 16.6 Å². The van der Waals surface area contributed by atoms with Crippen LogP contribution in [0.25, 0.3) is 0 Å². The molecule has 1 rings (SSSR count). The normalized spacial score (nSPS) is 9.47. The first-order valence-corrected chi connectivity index (χ1v) is 4.07. The Balaban J connectivity index is 3.19. The van der Waals surface area contributed by atoms with Crippen LogP contribution in [-0.4, -0.2) is 17.9 Å². The highest BCUT2D eigenvalue weighted by atomic mass is 16.6. The lowest BCUT2D eigenvalue weighted by molar-refractivity contribution is -0.384. The zero-order chi connectivity index (χ0) is 11.4. The molecule has 0 aromatic heterocycles. The third-order valence-electron chi connectivity index (χ3n) is 1.84. The molecule has 0 unspecified atom stereocenters. The number of nitrogens with zero attached hydrogens (tertiary/aromatic N) is 1. The molecule has 0 saturated heterocycles. The van der Waals surface area contributed by atoms with Crippen molar-refractivity contribution in [3.8, 4) is 0 Å². The number of nitrogen functional groups attached to an aromatic ring is 1. The molecule has 4 N–H and O–H groups in total. The predicted octanol–water partition coefficient (Wildman–Crippen LogP) is 0.240. The molecule has 0 aliphatic carbocycles. The third kappa shape index (κ3) is 2.20. The van der Waals surface area contributed by atoms with Crippen molar-refractivity contribution in [3.63, 3.8) is 0 Å². The maximum absolute atomic E-state index is 11.2. The smallest absolute Gasteiger partial charge is 0.293 e. The lowest BCUT2D eigenvalue weighted by atomic mass is 10.1. The maximum Gasteiger partial charge on any atom is 0.293 e. The van der Waals surface area contributed by atoms with Crippen LogP contribution in [0.1, 0.15) is 10.4 Å². The summed E-state index contributed by atoms with van der Waals surface area (Å²) in [5, 5.41) is 12.9. The SMILES string of the molecule is CNC(=O)c1ccc([N+](=O)[O-])c(NN)c1. The van der Waals surface area contributed by atoms with Gasteiger partial charge in [-0.1, -0.05) is 0 Å². The van der Waals surface area contributed by atoms with Crippen molar-refractivity contribution in [1.29, 1.82) is 0 Å². The van der Waals surface area contributed by atoms with Crippen LogP contribution >= 0.6 is 0 Å². The van der Waals surface area contributed by atoms with Crippen LogP contribution in [0.2, 0.25) is 0 Å². The van der Waals surface area contributed by atoms with E-state index in [1.165, 1.54) is 25.2 Å². The number of benzene rings is 1. The number of hydrazine groups is 1. The fourth-order valence-corrected chi connectivity index (χ4v) is 1.10. The van der Waals surface area contributed by atoms with Gasteiger partial charge in [0, 0.05) is 18.7 Å². The predicted molar refractivity (Wildman–Crippen MR) is 54.3 cm³/mol. The molecule has 1 aromatic rings. The van der Waals surface area contributed by atoms with Crippen LogP contribution in [0, 0.1) is 10.1 Å². The van der Waals surface area contributed by atoms with E-state index in [4.69, 9.17) is 5.84 Å². The number of amides is 1. The van der Waals surface area contributed by atoms with E-state index in [1.54, 1.807) is 0 Å². The number of nitro groups is 1. The number of rotatable bonds is 3. The Morgan fingerprint density at radius 1 is 1.53 bits per heavy atom. The summed E-state index contributed by atoms with van der Waals surface area (Å²) in [6, 6.07) is 3.90. The number of nitrogens with two attached hydrogens (primary N) is 1. The molecule has 0 radical (unpaired) electrons. The van der Waals surface area contributed by atoms with Gasteiger partial charge < -0.3 is 10.7 Å². The highest BCUT2D eigenvalue weighted by Gasteiger charge is 2.15. The molecule has 15 heavy (non-hydrogen) atoms. The van der Waals surface area contributed by atoms with Gasteiger partial charge in [-0.15, -0.1) is 0 Å². The highest BCUT2D eigenvalue weighted by molar-refractivity contribution is 5.95. The molecule has 1 amide bonds. The molecular formula is C8H10N4O3. The molecule has 0 spiro atoms. The van der Waals surface area contributed by atoms with Crippen LogP contribution in [0.15, 0.2) is 18.2 Å². The highest BCUT2D eigenvalue weighted by Crippen LogP contribution is 2.24. The summed E-state index contributed by atoms with van der Waals surface area (Å²) in [6.45, 7) is 0. The zero-order valence-corrected chi connectivity index (χ0v) is 7.98. The van der Waals surface area contributed by atoms with E-state index in [-0.39, 0.29) is 17.3 Å². The average molecular weight is 210 g/mol. The monoisotopic (exact) mass is 210 g/mol. The molecule has 0 atom stereocenters. The molecule has 80 valence electrons. The summed E-state index contributed by atoms with van der Waals surface area (Å²) < 4.78 is 0. The number of hydrogen-bond acceptors (Lipinski definition) is 5. The van der Waals surface area contributed by atoms with Gasteiger partial charge >= 0.3 is 0 Å². The van der Waals surface area contributed by atoms with Gasteiger partial charge in [0.25, 0.3) is 11.6 Å². The molecule has 0 aliphatic rings. The third-order valence-corrected chi connectivity index (χ3v) is 1.84. The Hall–Kier alpha value is -2.15. The van der Waals surface area contributed by atoms with Crippen molar-refractivity contribution in [1.82, 2.24) is 5.32 Å². The van der Waals surface area contributed by atoms with Gasteiger partial charge in [-0.3, -0.25) is 20.8 Å². The molecule has 1 aromatic carbocycles. The first kappa shape index (κ1) is 10.9. The standard InChI is InChI=1S/C8H10N4O3/c1-10-8(13)5-2-3-7(12(14)15)6(4-5)11-9/h2-4,11H,9H2,1H3,(H,10,13). The lowest BCUT2D eigenvalue weighted by Crippen LogP contribution is -2.18. The van der Waals surface area contributed by atoms with Crippen molar-refractivity contribution in [2.45, 2.75) is 0 Å². The molecule has 0 bridgehead atoms. The van der Waals surface area contributed by atoms with Gasteiger partial charge in [-0.05, 0) is 12.1 Å². The van der Waals surface area contributed by atoms with Gasteiger partial charge in [0.2, 0.25) is 0 Å². The average Bonchev–Trinajstić information content (AvgIpc) is 2.26. The fraction of sp³-hybridized carbons (Fsp3) is 0.125. The molecule has 0 heterocycles. The number of nitro benzene ring substituents is 1. The van der Waals surface area contributed by atoms with E-state index >= 15 is 0 Å². The van der Waals surface area contributed by atoms with Crippen molar-refractivity contribution in [2.24, 2.45) is 5.84 Å². The number of nitrogens with one attached hydrogen (secondary N) is 2. The topological polar surface area (TPSA) is 110 Å². The Kier molecular flexibility index (Phi) is 3.19. The molecule has 0 aliphatic heterocycles. The van der Waals surface area contributed by atoms with E-state index in [2.05, 4.69) is 10.7 Å². The quantitative estimate of drug-likeness (QED) is 0.376. The second kappa shape index (κ2) is 4.38. The summed E-state index contributed by atoms with van der Waals surface area (Å²) >= 11 is 0. The van der Waals surface area contributed by atoms with Crippen LogP contribution in [0.3, 0.4) is 0 Å². The van der Waals surface area contributed by atoms with E-state index in [0.717, 1.165) is 0 Å². The van der Waals surface area contributed by atoms with Crippen molar-refractivity contribution in [2.75, 3.05) is 12.5 Å². The molecule has 7 heteroatoms. The first-order valence-electron chi connectivity index (χ1n) is 4.07. The lowest BCUT2D eigenvalue weighted by Gasteiger charge is -2.04. The molecule has 0 saturated carbocycles. The van der Waals surface area contributed by atoms with E-state index in [1.807, 2.05) is 0 Å². The summed E-state index contributed by atoms with van der Waals surface area (Å²) in [5.41, 5.74) is 2.40. The van der Waals surface area contributed by atoms with Gasteiger partial charge in [0.15, 0.2) is 0 Å². The van der Waals surface area contributed by atoms with Gasteiger partial charge in [0.05, 0.1) is 4.92 Å². The second-order valence-corrected chi connectivity index (χ2v) is 2.71. The van der Waals surface area contributed by atoms with Gasteiger partial charge in [-0.25, -0.2) is 0 Å². The van der Waals surface area contributed by atoms with E-state index in [0.29, 0.717) is 5.56 Å². The summed E-state index contributed by atoms with van der Waals surface area (Å²) in [7, 11) is 1.47. The van der Waals surface area contributed by atoms with Crippen LogP contribution in [-0.2, 0) is 0 Å². The van der Waals surface area contributed by atoms with Crippen molar-refractivity contribution < 1.29 is 9.72 Å². The fourth-order valence-electron chi connectivity index (χ4n) is 1.10. The van der Waals surface area contributed by atoms with Crippen LogP contribution in [0.5, 0.6) is 0 Å². The van der Waals surface area contributed by atoms with Crippen molar-refractivity contribution in [3.05, 3.63) is 33.9 Å². The molecular weight excluding hydrogens is 200 g/mol. The van der Waals surface area contributed by atoms with E-state index in [9.17, 15) is 14.9 Å². The van der Waals surface area contributed by atoms with Crippen molar-refractivity contribution >= 4 is 17.3 Å². The molecule has 7 nitrogen and oxygen atoms in total. The number of carbonyl (C=O) groups is 1. The first-order chi connectivity index (χ1) is 7.10. The summed E-state index contributed by atoms with van der Waals surface area (Å²) in [5.74, 6) is 4.78. The molecule has 0 fully saturated rings. The van der Waals surface area contributed by atoms with Gasteiger partial charge in [-0.2, -0.15) is 0 Å². The Morgan fingerprint density at radius 2 is 2.20 bits per heavy atom. The number of hydrogen-bond donors (Lipinski definition) is 3. The summed E-state index contributed by atoms with van der Waals surface area (Å²) in [6.07, 6.45) is 0. The summed E-state index contributed by atoms with van der Waals surface area (Å²) in [4.78, 5) is 21.2. The minimum Gasteiger partial charge on any atom is -0.355 e. The Bertz CT molecular complexity index is 405. The Morgan fingerprint density at radius 3 is 2.67 bits per heavy atom. The van der Waals surface area contributed by atoms with E-state index < -0.39 is 4.92 Å². The second-order valence-electron chi connectivity index (χ2n) is 2.71. The van der Waals surface area contributed by atoms with Gasteiger partial charge in [0.1, 0.15) is 5.69 Å². The number of anilines is 1. The van der Waals surface area contributed by atoms with Crippen LogP contribution in [0.4, 0.5) is 11.4 Å². The number of carbonyl (C=O) groups excluding carboxylic acids is 1.